The molecule has 0 aliphatic heterocycles. The van der Waals surface area contributed by atoms with Crippen molar-refractivity contribution in [2.24, 2.45) is 5.92 Å². The molecule has 1 aromatic rings. The lowest BCUT2D eigenvalue weighted by molar-refractivity contribution is 0.690. The number of rotatable bonds is 0. The van der Waals surface area contributed by atoms with Crippen molar-refractivity contribution in [2.75, 3.05) is 0 Å². The highest BCUT2D eigenvalue weighted by molar-refractivity contribution is 5.77. The molecule has 0 nitrogen and oxygen atoms in total. The minimum absolute atomic E-state index is 0.520. The number of fused-ring (bicyclic) bond motifs is 5. The zero-order chi connectivity index (χ0) is 12.5. The third kappa shape index (κ3) is 1.78. The molecule has 0 N–H and O–H groups in total. The summed E-state index contributed by atoms with van der Waals surface area (Å²) in [5.41, 5.74) is 5.50. The van der Waals surface area contributed by atoms with Crippen LogP contribution < -0.4 is 0 Å². The number of benzene rings is 1. The van der Waals surface area contributed by atoms with Crippen LogP contribution in [0, 0.1) is 5.92 Å². The minimum atomic E-state index is 0.520. The predicted octanol–water partition coefficient (Wildman–Crippen LogP) is 4.88. The quantitative estimate of drug-likeness (QED) is 0.561. The number of hydrogen-bond acceptors (Lipinski definition) is 0. The van der Waals surface area contributed by atoms with Gasteiger partial charge in [-0.1, -0.05) is 73.7 Å². The van der Waals surface area contributed by atoms with Crippen molar-refractivity contribution in [3.05, 3.63) is 77.9 Å². The molecule has 2 bridgehead atoms. The Labute approximate surface area is 109 Å². The van der Waals surface area contributed by atoms with E-state index >= 15 is 0 Å². The van der Waals surface area contributed by atoms with Gasteiger partial charge < -0.3 is 0 Å². The van der Waals surface area contributed by atoms with Gasteiger partial charge in [-0.05, 0) is 29.0 Å². The predicted molar refractivity (Wildman–Crippen MR) is 78.4 cm³/mol. The fourth-order valence-corrected chi connectivity index (χ4v) is 2.99. The Balaban J connectivity index is 2.18. The largest absolute Gasteiger partial charge is 0.0955 e. The monoisotopic (exact) mass is 234 g/mol. The molecule has 3 rings (SSSR count). The molecule has 1 aromatic carbocycles. The van der Waals surface area contributed by atoms with Gasteiger partial charge >= 0.3 is 0 Å². The molecule has 0 spiro atoms. The zero-order valence-corrected chi connectivity index (χ0v) is 10.8. The van der Waals surface area contributed by atoms with Crippen LogP contribution in [-0.2, 0) is 0 Å². The summed E-state index contributed by atoms with van der Waals surface area (Å²) in [6.07, 6.45) is 12.1. The summed E-state index contributed by atoms with van der Waals surface area (Å²) in [4.78, 5) is 0. The van der Waals surface area contributed by atoms with Gasteiger partial charge in [-0.15, -0.1) is 0 Å². The Kier molecular flexibility index (Phi) is 2.79. The van der Waals surface area contributed by atoms with Crippen molar-refractivity contribution in [3.8, 4) is 0 Å². The van der Waals surface area contributed by atoms with Gasteiger partial charge in [0.2, 0.25) is 0 Å². The molecule has 0 fully saturated rings. The summed E-state index contributed by atoms with van der Waals surface area (Å²) >= 11 is 0. The normalized spacial score (nSPS) is 32.3. The summed E-state index contributed by atoms with van der Waals surface area (Å²) in [6, 6.07) is 8.78. The Morgan fingerprint density at radius 2 is 2.06 bits per heavy atom. The van der Waals surface area contributed by atoms with Crippen molar-refractivity contribution in [1.29, 1.82) is 0 Å². The molecule has 2 atom stereocenters. The van der Waals surface area contributed by atoms with Gasteiger partial charge in [0.25, 0.3) is 0 Å². The van der Waals surface area contributed by atoms with E-state index in [1.165, 1.54) is 22.3 Å². The first kappa shape index (κ1) is 11.3. The Morgan fingerprint density at radius 3 is 2.94 bits per heavy atom. The van der Waals surface area contributed by atoms with Gasteiger partial charge in [-0.25, -0.2) is 0 Å². The zero-order valence-electron chi connectivity index (χ0n) is 10.8. The smallest absolute Gasteiger partial charge is 0.00904 e. The van der Waals surface area contributed by atoms with Crippen LogP contribution in [0.15, 0.2) is 66.8 Å². The SMILES string of the molecule is C=C1/C=C\C=C2\c3ccccc3C(/C=C\C1)[C@@H]2C. The summed E-state index contributed by atoms with van der Waals surface area (Å²) in [5, 5.41) is 0. The summed E-state index contributed by atoms with van der Waals surface area (Å²) in [5.74, 6) is 1.08. The van der Waals surface area contributed by atoms with Crippen LogP contribution >= 0.6 is 0 Å². The third-order valence-electron chi connectivity index (χ3n) is 3.99. The maximum atomic E-state index is 4.06. The molecule has 18 heavy (non-hydrogen) atoms. The lowest BCUT2D eigenvalue weighted by Gasteiger charge is -2.13. The van der Waals surface area contributed by atoms with Gasteiger partial charge in [-0.3, -0.25) is 0 Å². The van der Waals surface area contributed by atoms with Crippen LogP contribution in [0.3, 0.4) is 0 Å². The van der Waals surface area contributed by atoms with Gasteiger partial charge in [-0.2, -0.15) is 0 Å². The van der Waals surface area contributed by atoms with Gasteiger partial charge in [0.1, 0.15) is 0 Å². The highest BCUT2D eigenvalue weighted by Gasteiger charge is 2.31. The van der Waals surface area contributed by atoms with Crippen LogP contribution in [0.25, 0.3) is 5.57 Å². The molecule has 0 heterocycles. The topological polar surface area (TPSA) is 0 Å². The van der Waals surface area contributed by atoms with E-state index in [0.29, 0.717) is 11.8 Å². The second-order valence-corrected chi connectivity index (χ2v) is 5.17. The van der Waals surface area contributed by atoms with Crippen molar-refractivity contribution in [3.63, 3.8) is 0 Å². The van der Waals surface area contributed by atoms with Crippen molar-refractivity contribution < 1.29 is 0 Å². The highest BCUT2D eigenvalue weighted by Crippen LogP contribution is 2.46. The van der Waals surface area contributed by atoms with Crippen molar-refractivity contribution >= 4 is 5.57 Å². The molecule has 0 saturated heterocycles. The lowest BCUT2D eigenvalue weighted by atomic mass is 9.90. The first-order valence-electron chi connectivity index (χ1n) is 6.59. The van der Waals surface area contributed by atoms with E-state index in [1.807, 2.05) is 0 Å². The average Bonchev–Trinajstić information content (AvgIpc) is 2.63. The molecular weight excluding hydrogens is 216 g/mol. The van der Waals surface area contributed by atoms with Crippen LogP contribution in [0.1, 0.15) is 30.4 Å². The summed E-state index contributed by atoms with van der Waals surface area (Å²) in [6.45, 7) is 6.38. The second-order valence-electron chi connectivity index (χ2n) is 5.17. The molecule has 2 aliphatic rings. The molecule has 0 saturated carbocycles. The van der Waals surface area contributed by atoms with Crippen molar-refractivity contribution in [2.45, 2.75) is 19.3 Å². The van der Waals surface area contributed by atoms with Gasteiger partial charge in [0.05, 0.1) is 0 Å². The number of allylic oxidation sites excluding steroid dienone is 7. The first-order valence-corrected chi connectivity index (χ1v) is 6.59. The molecule has 0 amide bonds. The van der Waals surface area contributed by atoms with Crippen LogP contribution in [0.4, 0.5) is 0 Å². The Morgan fingerprint density at radius 1 is 1.22 bits per heavy atom. The van der Waals surface area contributed by atoms with Crippen molar-refractivity contribution in [1.82, 2.24) is 0 Å². The molecule has 0 radical (unpaired) electrons. The summed E-state index contributed by atoms with van der Waals surface area (Å²) < 4.78 is 0. The van der Waals surface area contributed by atoms with E-state index in [4.69, 9.17) is 0 Å². The van der Waals surface area contributed by atoms with Crippen LogP contribution in [0.2, 0.25) is 0 Å². The highest BCUT2D eigenvalue weighted by atomic mass is 14.3. The second kappa shape index (κ2) is 4.45. The maximum Gasteiger partial charge on any atom is 0.00904 e. The molecule has 2 aliphatic carbocycles. The number of hydrogen-bond donors (Lipinski definition) is 0. The van der Waals surface area contributed by atoms with E-state index < -0.39 is 0 Å². The minimum Gasteiger partial charge on any atom is -0.0955 e. The molecule has 0 aromatic heterocycles. The molecule has 0 heteroatoms. The summed E-state index contributed by atoms with van der Waals surface area (Å²) in [7, 11) is 0. The van der Waals surface area contributed by atoms with E-state index in [9.17, 15) is 0 Å². The standard InChI is InChI=1S/C18H18/c1-13-7-5-11-15-14(2)16(12-6-8-13)18-10-4-3-9-17(15)18/h3-7,9-12,14,16H,1,8H2,2H3/b7-5-,12-6-,15-11+/t14-,16?/m1/s1. The first-order chi connectivity index (χ1) is 8.77. The Bertz CT molecular complexity index is 569. The molecule has 90 valence electrons. The maximum absolute atomic E-state index is 4.06. The lowest BCUT2D eigenvalue weighted by Crippen LogP contribution is -2.00. The fourth-order valence-electron chi connectivity index (χ4n) is 2.99. The van der Waals surface area contributed by atoms with E-state index in [-0.39, 0.29) is 0 Å². The van der Waals surface area contributed by atoms with Gasteiger partial charge in [0, 0.05) is 5.92 Å². The Hall–Kier alpha value is -1.82. The van der Waals surface area contributed by atoms with E-state index in [2.05, 4.69) is 68.1 Å². The van der Waals surface area contributed by atoms with E-state index in [0.717, 1.165) is 6.42 Å². The van der Waals surface area contributed by atoms with E-state index in [1.54, 1.807) is 0 Å². The average molecular weight is 234 g/mol. The molecular formula is C18H18. The fraction of sp³-hybridized carbons (Fsp3) is 0.222. The third-order valence-corrected chi connectivity index (χ3v) is 3.99. The van der Waals surface area contributed by atoms with Crippen LogP contribution in [0.5, 0.6) is 0 Å². The molecule has 1 unspecified atom stereocenters. The van der Waals surface area contributed by atoms with Crippen LogP contribution in [-0.4, -0.2) is 0 Å². The van der Waals surface area contributed by atoms with Gasteiger partial charge in [0.15, 0.2) is 0 Å².